The first-order valence-electron chi connectivity index (χ1n) is 8.75. The second-order valence-corrected chi connectivity index (χ2v) is 5.96. The number of unbranched alkanes of at least 4 members (excludes halogenated alkanes) is 5. The SMILES string of the molecule is CCCCCCCCOC(=O)C1C=CN(c2ccccc2)N=C1N. The van der Waals surface area contributed by atoms with E-state index in [4.69, 9.17) is 10.5 Å². The molecule has 1 aromatic rings. The summed E-state index contributed by atoms with van der Waals surface area (Å²) < 4.78 is 5.33. The molecule has 1 unspecified atom stereocenters. The smallest absolute Gasteiger partial charge is 0.320 e. The summed E-state index contributed by atoms with van der Waals surface area (Å²) in [6, 6.07) is 9.65. The summed E-state index contributed by atoms with van der Waals surface area (Å²) in [4.78, 5) is 12.1. The molecule has 5 heteroatoms. The van der Waals surface area contributed by atoms with Crippen molar-refractivity contribution in [1.82, 2.24) is 0 Å². The molecule has 0 aromatic heterocycles. The molecule has 1 aromatic carbocycles. The number of anilines is 1. The number of rotatable bonds is 9. The van der Waals surface area contributed by atoms with Gasteiger partial charge < -0.3 is 10.5 Å². The Balaban J connectivity index is 1.75. The monoisotopic (exact) mass is 329 g/mol. The topological polar surface area (TPSA) is 67.9 Å². The van der Waals surface area contributed by atoms with Gasteiger partial charge in [-0.25, -0.2) is 5.01 Å². The normalized spacial score (nSPS) is 16.8. The van der Waals surface area contributed by atoms with E-state index in [1.807, 2.05) is 30.3 Å². The van der Waals surface area contributed by atoms with Crippen LogP contribution in [0.2, 0.25) is 0 Å². The third-order valence-electron chi connectivity index (χ3n) is 3.98. The van der Waals surface area contributed by atoms with Crippen molar-refractivity contribution in [2.24, 2.45) is 16.8 Å². The molecule has 0 radical (unpaired) electrons. The summed E-state index contributed by atoms with van der Waals surface area (Å²) in [7, 11) is 0. The zero-order chi connectivity index (χ0) is 17.2. The van der Waals surface area contributed by atoms with Crippen LogP contribution in [-0.2, 0) is 9.53 Å². The molecular weight excluding hydrogens is 302 g/mol. The predicted octanol–water partition coefficient (Wildman–Crippen LogP) is 3.81. The Hall–Kier alpha value is -2.30. The molecule has 0 amide bonds. The van der Waals surface area contributed by atoms with Gasteiger partial charge in [0, 0.05) is 6.20 Å². The lowest BCUT2D eigenvalue weighted by atomic mass is 10.1. The maximum atomic E-state index is 12.1. The van der Waals surface area contributed by atoms with E-state index in [-0.39, 0.29) is 11.8 Å². The highest BCUT2D eigenvalue weighted by molar-refractivity contribution is 6.03. The van der Waals surface area contributed by atoms with E-state index in [1.165, 1.54) is 25.7 Å². The highest BCUT2D eigenvalue weighted by Gasteiger charge is 2.25. The van der Waals surface area contributed by atoms with Gasteiger partial charge in [-0.3, -0.25) is 4.79 Å². The number of carbonyl (C=O) groups excluding carboxylic acids is 1. The minimum absolute atomic E-state index is 0.259. The van der Waals surface area contributed by atoms with Crippen molar-refractivity contribution < 1.29 is 9.53 Å². The van der Waals surface area contributed by atoms with Crippen LogP contribution in [-0.4, -0.2) is 18.4 Å². The Morgan fingerprint density at radius 2 is 1.88 bits per heavy atom. The van der Waals surface area contributed by atoms with Gasteiger partial charge in [-0.1, -0.05) is 57.2 Å². The number of carbonyl (C=O) groups is 1. The first-order valence-corrected chi connectivity index (χ1v) is 8.75. The number of nitrogens with zero attached hydrogens (tertiary/aromatic N) is 2. The van der Waals surface area contributed by atoms with E-state index in [9.17, 15) is 4.79 Å². The number of hydrogen-bond donors (Lipinski definition) is 1. The molecule has 0 fully saturated rings. The van der Waals surface area contributed by atoms with Crippen LogP contribution in [0.5, 0.6) is 0 Å². The minimum atomic E-state index is -0.593. The molecule has 5 nitrogen and oxygen atoms in total. The average Bonchev–Trinajstić information content (AvgIpc) is 2.61. The molecule has 1 atom stereocenters. The van der Waals surface area contributed by atoms with Gasteiger partial charge in [0.15, 0.2) is 0 Å². The molecule has 1 aliphatic rings. The molecule has 0 bridgehead atoms. The molecule has 2 rings (SSSR count). The molecule has 0 saturated heterocycles. The standard InChI is InChI=1S/C19H27N3O2/c1-2-3-4-5-6-10-15-24-19(23)17-13-14-22(21-18(17)20)16-11-8-7-9-12-16/h7-9,11-14,17H,2-6,10,15H2,1H3,(H2,20,21). The lowest BCUT2D eigenvalue weighted by Crippen LogP contribution is -2.35. The van der Waals surface area contributed by atoms with Gasteiger partial charge in [0.1, 0.15) is 11.8 Å². The minimum Gasteiger partial charge on any atom is -0.465 e. The van der Waals surface area contributed by atoms with Gasteiger partial charge >= 0.3 is 5.97 Å². The number of benzene rings is 1. The van der Waals surface area contributed by atoms with Crippen molar-refractivity contribution >= 4 is 17.5 Å². The first kappa shape index (κ1) is 18.0. The Morgan fingerprint density at radius 3 is 2.58 bits per heavy atom. The van der Waals surface area contributed by atoms with E-state index in [0.29, 0.717) is 6.61 Å². The highest BCUT2D eigenvalue weighted by Crippen LogP contribution is 2.19. The second kappa shape index (κ2) is 9.75. The molecule has 1 heterocycles. The summed E-state index contributed by atoms with van der Waals surface area (Å²) in [5, 5.41) is 5.93. The van der Waals surface area contributed by atoms with Crippen LogP contribution in [0.15, 0.2) is 47.7 Å². The third kappa shape index (κ3) is 5.41. The fourth-order valence-corrected chi connectivity index (χ4v) is 2.55. The van der Waals surface area contributed by atoms with Crippen LogP contribution in [0.4, 0.5) is 5.69 Å². The van der Waals surface area contributed by atoms with Crippen molar-refractivity contribution in [1.29, 1.82) is 0 Å². The Labute approximate surface area is 144 Å². The molecule has 1 aliphatic heterocycles. The van der Waals surface area contributed by atoms with Gasteiger partial charge in [-0.15, -0.1) is 0 Å². The Kier molecular flexibility index (Phi) is 7.33. The number of nitrogens with two attached hydrogens (primary N) is 1. The van der Waals surface area contributed by atoms with Crippen LogP contribution >= 0.6 is 0 Å². The van der Waals surface area contributed by atoms with Crippen LogP contribution < -0.4 is 10.7 Å². The van der Waals surface area contributed by atoms with Gasteiger partial charge in [-0.2, -0.15) is 5.10 Å². The maximum Gasteiger partial charge on any atom is 0.320 e. The zero-order valence-electron chi connectivity index (χ0n) is 14.4. The Bertz CT molecular complexity index is 569. The molecule has 2 N–H and O–H groups in total. The summed E-state index contributed by atoms with van der Waals surface area (Å²) in [6.45, 7) is 2.65. The lowest BCUT2D eigenvalue weighted by molar-refractivity contribution is -0.144. The fraction of sp³-hybridized carbons (Fsp3) is 0.474. The van der Waals surface area contributed by atoms with Crippen molar-refractivity contribution in [2.45, 2.75) is 45.4 Å². The van der Waals surface area contributed by atoms with E-state index < -0.39 is 5.92 Å². The van der Waals surface area contributed by atoms with Gasteiger partial charge in [0.2, 0.25) is 0 Å². The molecule has 0 aliphatic carbocycles. The number of esters is 1. The zero-order valence-corrected chi connectivity index (χ0v) is 14.4. The van der Waals surface area contributed by atoms with E-state index in [0.717, 1.165) is 18.5 Å². The number of para-hydroxylation sites is 1. The quantitative estimate of drug-likeness (QED) is 0.552. The number of amidine groups is 1. The molecular formula is C19H27N3O2. The van der Waals surface area contributed by atoms with Crippen LogP contribution in [0.25, 0.3) is 0 Å². The van der Waals surface area contributed by atoms with Gasteiger partial charge in [0.25, 0.3) is 0 Å². The van der Waals surface area contributed by atoms with E-state index in [2.05, 4.69) is 12.0 Å². The summed E-state index contributed by atoms with van der Waals surface area (Å²) >= 11 is 0. The molecule has 24 heavy (non-hydrogen) atoms. The second-order valence-electron chi connectivity index (χ2n) is 5.96. The average molecular weight is 329 g/mol. The van der Waals surface area contributed by atoms with E-state index in [1.54, 1.807) is 17.3 Å². The van der Waals surface area contributed by atoms with Gasteiger partial charge in [-0.05, 0) is 24.6 Å². The van der Waals surface area contributed by atoms with Crippen LogP contribution in [0, 0.1) is 5.92 Å². The number of ether oxygens (including phenoxy) is 1. The fourth-order valence-electron chi connectivity index (χ4n) is 2.55. The van der Waals surface area contributed by atoms with Crippen LogP contribution in [0.3, 0.4) is 0 Å². The molecule has 0 spiro atoms. The number of hydrogen-bond acceptors (Lipinski definition) is 5. The molecule has 0 saturated carbocycles. The highest BCUT2D eigenvalue weighted by atomic mass is 16.5. The summed E-state index contributed by atoms with van der Waals surface area (Å²) in [6.07, 6.45) is 10.5. The maximum absolute atomic E-state index is 12.1. The first-order chi connectivity index (χ1) is 11.7. The van der Waals surface area contributed by atoms with Gasteiger partial charge in [0.05, 0.1) is 12.3 Å². The Morgan fingerprint density at radius 1 is 1.17 bits per heavy atom. The molecule has 130 valence electrons. The van der Waals surface area contributed by atoms with E-state index >= 15 is 0 Å². The predicted molar refractivity (Wildman–Crippen MR) is 97.5 cm³/mol. The lowest BCUT2D eigenvalue weighted by Gasteiger charge is -2.22. The third-order valence-corrected chi connectivity index (χ3v) is 3.98. The largest absolute Gasteiger partial charge is 0.465 e. The summed E-state index contributed by atoms with van der Waals surface area (Å²) in [5.41, 5.74) is 6.85. The van der Waals surface area contributed by atoms with Crippen molar-refractivity contribution in [3.8, 4) is 0 Å². The van der Waals surface area contributed by atoms with Crippen molar-refractivity contribution in [2.75, 3.05) is 11.6 Å². The van der Waals surface area contributed by atoms with Crippen LogP contribution in [0.1, 0.15) is 45.4 Å². The number of hydrazone groups is 1. The van der Waals surface area contributed by atoms with Crippen molar-refractivity contribution in [3.05, 3.63) is 42.6 Å². The summed E-state index contributed by atoms with van der Waals surface area (Å²) in [5.74, 6) is -0.659. The van der Waals surface area contributed by atoms with Crippen molar-refractivity contribution in [3.63, 3.8) is 0 Å².